The van der Waals surface area contributed by atoms with Crippen molar-refractivity contribution in [1.82, 2.24) is 0 Å². The minimum atomic E-state index is -0.970. The Kier molecular flexibility index (Phi) is 3.82. The van der Waals surface area contributed by atoms with Gasteiger partial charge in [0.15, 0.2) is 6.61 Å². The van der Waals surface area contributed by atoms with Crippen molar-refractivity contribution in [1.29, 1.82) is 0 Å². The predicted octanol–water partition coefficient (Wildman–Crippen LogP) is 0.987. The average molecular weight is 237 g/mol. The van der Waals surface area contributed by atoms with Gasteiger partial charge in [-0.15, -0.1) is 0 Å². The fourth-order valence-electron chi connectivity index (χ4n) is 1.72. The first-order valence-electron chi connectivity index (χ1n) is 5.53. The van der Waals surface area contributed by atoms with Crippen LogP contribution >= 0.6 is 0 Å². The molecule has 1 aliphatic rings. The highest BCUT2D eigenvalue weighted by Gasteiger charge is 2.10. The van der Waals surface area contributed by atoms with E-state index in [0.717, 1.165) is 32.0 Å². The van der Waals surface area contributed by atoms with Crippen molar-refractivity contribution in [2.24, 2.45) is 0 Å². The zero-order valence-electron chi connectivity index (χ0n) is 9.46. The molecule has 1 aromatic carbocycles. The second-order valence-corrected chi connectivity index (χ2v) is 3.78. The van der Waals surface area contributed by atoms with Gasteiger partial charge in [0, 0.05) is 18.8 Å². The van der Waals surface area contributed by atoms with E-state index in [1.165, 1.54) is 0 Å². The summed E-state index contributed by atoms with van der Waals surface area (Å²) in [6.45, 7) is 2.95. The van der Waals surface area contributed by atoms with E-state index in [2.05, 4.69) is 4.90 Å². The normalized spacial score (nSPS) is 15.6. The average Bonchev–Trinajstić information content (AvgIpc) is 2.38. The molecule has 0 saturated carbocycles. The van der Waals surface area contributed by atoms with Gasteiger partial charge < -0.3 is 19.5 Å². The molecule has 92 valence electrons. The Bertz CT molecular complexity index is 371. The van der Waals surface area contributed by atoms with Gasteiger partial charge in [-0.05, 0) is 24.3 Å². The number of aliphatic carboxylic acids is 1. The molecule has 2 rings (SSSR count). The van der Waals surface area contributed by atoms with Gasteiger partial charge in [0.2, 0.25) is 0 Å². The number of ether oxygens (including phenoxy) is 2. The fourth-order valence-corrected chi connectivity index (χ4v) is 1.72. The molecular weight excluding hydrogens is 222 g/mol. The zero-order chi connectivity index (χ0) is 12.1. The third kappa shape index (κ3) is 3.35. The zero-order valence-corrected chi connectivity index (χ0v) is 9.46. The van der Waals surface area contributed by atoms with Crippen LogP contribution in [0.1, 0.15) is 0 Å². The summed E-state index contributed by atoms with van der Waals surface area (Å²) in [6.07, 6.45) is 0. The third-order valence-corrected chi connectivity index (χ3v) is 2.58. The summed E-state index contributed by atoms with van der Waals surface area (Å²) >= 11 is 0. The highest BCUT2D eigenvalue weighted by atomic mass is 16.5. The minimum absolute atomic E-state index is 0.309. The van der Waals surface area contributed by atoms with Gasteiger partial charge in [-0.2, -0.15) is 0 Å². The van der Waals surface area contributed by atoms with Crippen LogP contribution in [0.5, 0.6) is 5.75 Å². The van der Waals surface area contributed by atoms with Crippen molar-refractivity contribution in [2.75, 3.05) is 37.8 Å². The first-order valence-corrected chi connectivity index (χ1v) is 5.53. The van der Waals surface area contributed by atoms with Crippen LogP contribution in [0, 0.1) is 0 Å². The topological polar surface area (TPSA) is 59.0 Å². The number of nitrogens with zero attached hydrogens (tertiary/aromatic N) is 1. The van der Waals surface area contributed by atoms with Crippen molar-refractivity contribution in [3.05, 3.63) is 24.3 Å². The third-order valence-electron chi connectivity index (χ3n) is 2.58. The van der Waals surface area contributed by atoms with Crippen molar-refractivity contribution >= 4 is 11.7 Å². The molecule has 1 heterocycles. The molecule has 5 heteroatoms. The molecule has 1 aliphatic heterocycles. The van der Waals surface area contributed by atoms with Gasteiger partial charge in [-0.1, -0.05) is 0 Å². The smallest absolute Gasteiger partial charge is 0.341 e. The molecule has 0 aromatic heterocycles. The molecule has 17 heavy (non-hydrogen) atoms. The van der Waals surface area contributed by atoms with Crippen LogP contribution in [0.15, 0.2) is 24.3 Å². The van der Waals surface area contributed by atoms with Crippen LogP contribution in [-0.2, 0) is 9.53 Å². The molecule has 5 nitrogen and oxygen atoms in total. The lowest BCUT2D eigenvalue weighted by Crippen LogP contribution is -2.36. The highest BCUT2D eigenvalue weighted by molar-refractivity contribution is 5.68. The molecule has 1 saturated heterocycles. The van der Waals surface area contributed by atoms with Crippen LogP contribution in [-0.4, -0.2) is 44.0 Å². The maximum Gasteiger partial charge on any atom is 0.341 e. The summed E-state index contributed by atoms with van der Waals surface area (Å²) in [5.74, 6) is -0.397. The molecule has 0 unspecified atom stereocenters. The van der Waals surface area contributed by atoms with Crippen LogP contribution < -0.4 is 9.64 Å². The van der Waals surface area contributed by atoms with E-state index in [0.29, 0.717) is 5.75 Å². The first-order chi connectivity index (χ1) is 8.25. The Balaban J connectivity index is 1.94. The molecule has 0 spiro atoms. The van der Waals surface area contributed by atoms with E-state index in [1.807, 2.05) is 12.1 Å². The Morgan fingerprint density at radius 2 is 1.94 bits per heavy atom. The predicted molar refractivity (Wildman–Crippen MR) is 62.6 cm³/mol. The molecule has 1 aromatic rings. The number of hydrogen-bond acceptors (Lipinski definition) is 4. The van der Waals surface area contributed by atoms with Crippen molar-refractivity contribution in [3.8, 4) is 5.75 Å². The lowest BCUT2D eigenvalue weighted by Gasteiger charge is -2.28. The Hall–Kier alpha value is -1.75. The molecule has 1 N–H and O–H groups in total. The number of hydrogen-bond donors (Lipinski definition) is 1. The minimum Gasteiger partial charge on any atom is -0.482 e. The molecule has 1 fully saturated rings. The van der Waals surface area contributed by atoms with Gasteiger partial charge in [-0.25, -0.2) is 4.79 Å². The van der Waals surface area contributed by atoms with Crippen LogP contribution in [0.3, 0.4) is 0 Å². The van der Waals surface area contributed by atoms with E-state index in [4.69, 9.17) is 14.6 Å². The van der Waals surface area contributed by atoms with Crippen LogP contribution in [0.4, 0.5) is 5.69 Å². The Labute approximate surface area is 99.6 Å². The number of rotatable bonds is 4. The second-order valence-electron chi connectivity index (χ2n) is 3.78. The Morgan fingerprint density at radius 3 is 2.53 bits per heavy atom. The van der Waals surface area contributed by atoms with E-state index in [1.54, 1.807) is 12.1 Å². The maximum absolute atomic E-state index is 10.3. The SMILES string of the molecule is O=C(O)COc1ccc(N2CCOCC2)cc1. The molecule has 0 amide bonds. The van der Waals surface area contributed by atoms with Crippen LogP contribution in [0.25, 0.3) is 0 Å². The standard InChI is InChI=1S/C12H15NO4/c14-12(15)9-17-11-3-1-10(2-4-11)13-5-7-16-8-6-13/h1-4H,5-9H2,(H,14,15). The monoisotopic (exact) mass is 237 g/mol. The van der Waals surface area contributed by atoms with E-state index in [9.17, 15) is 4.79 Å². The second kappa shape index (κ2) is 5.54. The number of benzene rings is 1. The van der Waals surface area contributed by atoms with E-state index in [-0.39, 0.29) is 6.61 Å². The summed E-state index contributed by atoms with van der Waals surface area (Å²) in [6, 6.07) is 7.44. The lowest BCUT2D eigenvalue weighted by molar-refractivity contribution is -0.139. The maximum atomic E-state index is 10.3. The first kappa shape index (κ1) is 11.7. The number of carboxylic acids is 1. The van der Waals surface area contributed by atoms with Crippen LogP contribution in [0.2, 0.25) is 0 Å². The summed E-state index contributed by atoms with van der Waals surface area (Å²) in [5, 5.41) is 8.49. The number of morpholine rings is 1. The number of anilines is 1. The molecule has 0 aliphatic carbocycles. The highest BCUT2D eigenvalue weighted by Crippen LogP contribution is 2.20. The summed E-state index contributed by atoms with van der Waals surface area (Å²) < 4.78 is 10.3. The van der Waals surface area contributed by atoms with Gasteiger partial charge in [0.25, 0.3) is 0 Å². The summed E-state index contributed by atoms with van der Waals surface area (Å²) in [7, 11) is 0. The van der Waals surface area contributed by atoms with E-state index < -0.39 is 5.97 Å². The summed E-state index contributed by atoms with van der Waals surface area (Å²) in [4.78, 5) is 12.6. The van der Waals surface area contributed by atoms with Gasteiger partial charge in [-0.3, -0.25) is 0 Å². The van der Waals surface area contributed by atoms with Gasteiger partial charge in [0.05, 0.1) is 13.2 Å². The van der Waals surface area contributed by atoms with Gasteiger partial charge in [0.1, 0.15) is 5.75 Å². The van der Waals surface area contributed by atoms with Gasteiger partial charge >= 0.3 is 5.97 Å². The quantitative estimate of drug-likeness (QED) is 0.846. The summed E-state index contributed by atoms with van der Waals surface area (Å²) in [5.41, 5.74) is 1.11. The van der Waals surface area contributed by atoms with Crippen molar-refractivity contribution < 1.29 is 19.4 Å². The molecule has 0 atom stereocenters. The lowest BCUT2D eigenvalue weighted by atomic mass is 10.2. The number of carbonyl (C=O) groups is 1. The molecule has 0 radical (unpaired) electrons. The van der Waals surface area contributed by atoms with Crippen molar-refractivity contribution in [3.63, 3.8) is 0 Å². The van der Waals surface area contributed by atoms with E-state index >= 15 is 0 Å². The largest absolute Gasteiger partial charge is 0.482 e. The Morgan fingerprint density at radius 1 is 1.29 bits per heavy atom. The number of carboxylic acid groups (broad SMARTS) is 1. The van der Waals surface area contributed by atoms with Crippen molar-refractivity contribution in [2.45, 2.75) is 0 Å². The fraction of sp³-hybridized carbons (Fsp3) is 0.417. The molecule has 0 bridgehead atoms. The molecular formula is C12H15NO4.